The van der Waals surface area contributed by atoms with Crippen LogP contribution in [-0.4, -0.2) is 40.0 Å². The van der Waals surface area contributed by atoms with E-state index in [1.807, 2.05) is 24.3 Å². The van der Waals surface area contributed by atoms with Crippen LogP contribution in [0.15, 0.2) is 36.5 Å². The van der Waals surface area contributed by atoms with Gasteiger partial charge in [0.05, 0.1) is 22.9 Å². The van der Waals surface area contributed by atoms with E-state index in [-0.39, 0.29) is 11.8 Å². The van der Waals surface area contributed by atoms with Gasteiger partial charge in [-0.15, -0.1) is 0 Å². The Morgan fingerprint density at radius 1 is 1.30 bits per heavy atom. The number of nitrogens with zero attached hydrogens (tertiary/aromatic N) is 3. The van der Waals surface area contributed by atoms with Gasteiger partial charge in [0.15, 0.2) is 0 Å². The van der Waals surface area contributed by atoms with Gasteiger partial charge in [-0.2, -0.15) is 10.2 Å². The van der Waals surface area contributed by atoms with Crippen LogP contribution >= 0.6 is 0 Å². The van der Waals surface area contributed by atoms with Gasteiger partial charge in [-0.3, -0.25) is 9.59 Å². The number of likely N-dealkylation sites (tertiary alicyclic amines) is 1. The Balaban J connectivity index is 1.66. The third-order valence-corrected chi connectivity index (χ3v) is 4.82. The van der Waals surface area contributed by atoms with Crippen LogP contribution < -0.4 is 5.32 Å². The van der Waals surface area contributed by atoms with E-state index in [9.17, 15) is 9.59 Å². The van der Waals surface area contributed by atoms with Crippen LogP contribution in [0.3, 0.4) is 0 Å². The third-order valence-electron chi connectivity index (χ3n) is 4.82. The molecule has 2 amide bonds. The van der Waals surface area contributed by atoms with Crippen LogP contribution in [0.25, 0.3) is 0 Å². The number of fused-ring (bicyclic) bond motifs is 2. The number of para-hydroxylation sites is 1. The lowest BCUT2D eigenvalue weighted by Crippen LogP contribution is -2.39. The number of rotatable bonds is 1. The first kappa shape index (κ1) is 13.9. The summed E-state index contributed by atoms with van der Waals surface area (Å²) in [5, 5.41) is 10.7. The van der Waals surface area contributed by atoms with Gasteiger partial charge in [0.2, 0.25) is 5.91 Å². The van der Waals surface area contributed by atoms with Gasteiger partial charge < -0.3 is 10.2 Å². The molecule has 23 heavy (non-hydrogen) atoms. The minimum Gasteiger partial charge on any atom is -0.337 e. The molecule has 1 fully saturated rings. The Hall–Kier alpha value is -2.76. The summed E-state index contributed by atoms with van der Waals surface area (Å²) in [4.78, 5) is 27.1. The lowest BCUT2D eigenvalue weighted by atomic mass is 9.81. The lowest BCUT2D eigenvalue weighted by Gasteiger charge is -2.22. The SMILES string of the molecule is Cc1nnccc1C(=O)N1CCC2(C1)C(=O)Nc1ccccc12. The summed E-state index contributed by atoms with van der Waals surface area (Å²) in [6.07, 6.45) is 2.16. The first-order valence-corrected chi connectivity index (χ1v) is 7.60. The normalized spacial score (nSPS) is 22.3. The summed E-state index contributed by atoms with van der Waals surface area (Å²) in [5.41, 5.74) is 2.37. The first-order chi connectivity index (χ1) is 11.1. The van der Waals surface area contributed by atoms with Crippen molar-refractivity contribution in [2.75, 3.05) is 18.4 Å². The van der Waals surface area contributed by atoms with Gasteiger partial charge in [0.25, 0.3) is 5.91 Å². The molecule has 0 saturated carbocycles. The molecule has 1 aromatic heterocycles. The Labute approximate surface area is 133 Å². The number of amides is 2. The predicted octanol–water partition coefficient (Wildman–Crippen LogP) is 1.52. The molecule has 1 saturated heterocycles. The summed E-state index contributed by atoms with van der Waals surface area (Å²) < 4.78 is 0. The number of hydrogen-bond acceptors (Lipinski definition) is 4. The van der Waals surface area contributed by atoms with Crippen LogP contribution in [0.2, 0.25) is 0 Å². The monoisotopic (exact) mass is 308 g/mol. The molecule has 2 aliphatic rings. The average molecular weight is 308 g/mol. The van der Waals surface area contributed by atoms with Crippen LogP contribution in [0.4, 0.5) is 5.69 Å². The molecule has 4 rings (SSSR count). The Bertz CT molecular complexity index is 820. The quantitative estimate of drug-likeness (QED) is 0.866. The Morgan fingerprint density at radius 2 is 2.13 bits per heavy atom. The molecule has 116 valence electrons. The molecular weight excluding hydrogens is 292 g/mol. The van der Waals surface area contributed by atoms with Gasteiger partial charge >= 0.3 is 0 Å². The van der Waals surface area contributed by atoms with Gasteiger partial charge in [-0.25, -0.2) is 0 Å². The van der Waals surface area contributed by atoms with Gasteiger partial charge in [-0.05, 0) is 31.0 Å². The highest BCUT2D eigenvalue weighted by Gasteiger charge is 2.52. The van der Waals surface area contributed by atoms with Gasteiger partial charge in [0, 0.05) is 18.8 Å². The minimum atomic E-state index is -0.624. The van der Waals surface area contributed by atoms with E-state index in [4.69, 9.17) is 0 Å². The van der Waals surface area contributed by atoms with Crippen molar-refractivity contribution in [2.24, 2.45) is 0 Å². The summed E-state index contributed by atoms with van der Waals surface area (Å²) >= 11 is 0. The standard InChI is InChI=1S/C17H16N4O2/c1-11-12(6-8-18-20-11)15(22)21-9-7-17(10-21)13-4-2-3-5-14(13)19-16(17)23/h2-6,8H,7,9-10H2,1H3,(H,19,23). The van der Waals surface area contributed by atoms with Crippen molar-refractivity contribution in [1.82, 2.24) is 15.1 Å². The van der Waals surface area contributed by atoms with Crippen LogP contribution in [0, 0.1) is 6.92 Å². The number of aromatic nitrogens is 2. The lowest BCUT2D eigenvalue weighted by molar-refractivity contribution is -0.120. The molecule has 0 radical (unpaired) electrons. The topological polar surface area (TPSA) is 75.2 Å². The number of anilines is 1. The second-order valence-corrected chi connectivity index (χ2v) is 6.09. The second-order valence-electron chi connectivity index (χ2n) is 6.09. The molecule has 3 heterocycles. The van der Waals surface area contributed by atoms with E-state index < -0.39 is 5.41 Å². The zero-order valence-electron chi connectivity index (χ0n) is 12.7. The molecule has 6 nitrogen and oxygen atoms in total. The van der Waals surface area contributed by atoms with E-state index in [1.165, 1.54) is 6.20 Å². The van der Waals surface area contributed by atoms with Crippen molar-refractivity contribution in [2.45, 2.75) is 18.8 Å². The zero-order chi connectivity index (χ0) is 16.0. The summed E-state index contributed by atoms with van der Waals surface area (Å²) in [6, 6.07) is 9.40. The number of aryl methyl sites for hydroxylation is 1. The van der Waals surface area contributed by atoms with Crippen LogP contribution in [0.5, 0.6) is 0 Å². The molecule has 1 aromatic carbocycles. The average Bonchev–Trinajstić information content (AvgIpc) is 3.12. The Morgan fingerprint density at radius 3 is 2.96 bits per heavy atom. The number of nitrogens with one attached hydrogen (secondary N) is 1. The molecule has 1 atom stereocenters. The highest BCUT2D eigenvalue weighted by Crippen LogP contribution is 2.44. The maximum Gasteiger partial charge on any atom is 0.255 e. The number of benzene rings is 1. The molecule has 1 N–H and O–H groups in total. The van der Waals surface area contributed by atoms with Crippen molar-refractivity contribution in [1.29, 1.82) is 0 Å². The molecule has 1 spiro atoms. The third kappa shape index (κ3) is 1.94. The number of carbonyl (C=O) groups excluding carboxylic acids is 2. The maximum atomic E-state index is 12.8. The van der Waals surface area contributed by atoms with Crippen molar-refractivity contribution in [3.63, 3.8) is 0 Å². The van der Waals surface area contributed by atoms with E-state index in [1.54, 1.807) is 17.9 Å². The predicted molar refractivity (Wildman–Crippen MR) is 84.0 cm³/mol. The molecule has 1 unspecified atom stereocenters. The fraction of sp³-hybridized carbons (Fsp3) is 0.294. The largest absolute Gasteiger partial charge is 0.337 e. The summed E-state index contributed by atoms with van der Waals surface area (Å²) in [6.45, 7) is 2.72. The summed E-state index contributed by atoms with van der Waals surface area (Å²) in [7, 11) is 0. The maximum absolute atomic E-state index is 12.8. The molecule has 2 aliphatic heterocycles. The van der Waals surface area contributed by atoms with Crippen LogP contribution in [0.1, 0.15) is 28.0 Å². The van der Waals surface area contributed by atoms with E-state index in [0.29, 0.717) is 30.8 Å². The van der Waals surface area contributed by atoms with Crippen LogP contribution in [-0.2, 0) is 10.2 Å². The highest BCUT2D eigenvalue weighted by atomic mass is 16.2. The van der Waals surface area contributed by atoms with Gasteiger partial charge in [-0.1, -0.05) is 18.2 Å². The van der Waals surface area contributed by atoms with Crippen molar-refractivity contribution >= 4 is 17.5 Å². The molecular formula is C17H16N4O2. The molecule has 0 bridgehead atoms. The smallest absolute Gasteiger partial charge is 0.255 e. The van der Waals surface area contributed by atoms with Crippen molar-refractivity contribution in [3.05, 3.63) is 53.3 Å². The van der Waals surface area contributed by atoms with E-state index in [2.05, 4.69) is 15.5 Å². The minimum absolute atomic E-state index is 0.0152. The first-order valence-electron chi connectivity index (χ1n) is 7.60. The zero-order valence-corrected chi connectivity index (χ0v) is 12.7. The van der Waals surface area contributed by atoms with E-state index in [0.717, 1.165) is 11.3 Å². The van der Waals surface area contributed by atoms with Gasteiger partial charge in [0.1, 0.15) is 0 Å². The highest BCUT2D eigenvalue weighted by molar-refractivity contribution is 6.07. The fourth-order valence-electron chi connectivity index (χ4n) is 3.56. The second kappa shape index (κ2) is 4.87. The van der Waals surface area contributed by atoms with Crippen molar-refractivity contribution in [3.8, 4) is 0 Å². The fourth-order valence-corrected chi connectivity index (χ4v) is 3.56. The van der Waals surface area contributed by atoms with Crippen molar-refractivity contribution < 1.29 is 9.59 Å². The number of hydrogen-bond donors (Lipinski definition) is 1. The molecule has 2 aromatic rings. The summed E-state index contributed by atoms with van der Waals surface area (Å²) in [5.74, 6) is -0.106. The van der Waals surface area contributed by atoms with E-state index >= 15 is 0 Å². The molecule has 6 heteroatoms. The molecule has 0 aliphatic carbocycles. The Kier molecular flexibility index (Phi) is 2.94. The number of carbonyl (C=O) groups is 2.